The molecule has 2 aromatic carbocycles. The van der Waals surface area contributed by atoms with E-state index in [9.17, 15) is 22.8 Å². The number of pyridine rings is 1. The number of rotatable bonds is 7. The highest BCUT2D eigenvalue weighted by Crippen LogP contribution is 2.57. The van der Waals surface area contributed by atoms with Gasteiger partial charge in [-0.2, -0.15) is 0 Å². The third kappa shape index (κ3) is 6.89. The van der Waals surface area contributed by atoms with E-state index >= 15 is 0 Å². The number of hydrogen-bond acceptors (Lipinski definition) is 7. The first-order valence-electron chi connectivity index (χ1n) is 17.7. The van der Waals surface area contributed by atoms with E-state index < -0.39 is 38.2 Å². The molecule has 2 aliphatic carbocycles. The van der Waals surface area contributed by atoms with Gasteiger partial charge >= 0.3 is 0 Å². The fourth-order valence-corrected chi connectivity index (χ4v) is 9.00. The van der Waals surface area contributed by atoms with Gasteiger partial charge in [-0.15, -0.1) is 0 Å². The molecule has 10 heteroatoms. The maximum atomic E-state index is 14.6. The molecule has 9 nitrogen and oxygen atoms in total. The van der Waals surface area contributed by atoms with E-state index in [4.69, 9.17) is 4.74 Å². The number of carbonyl (C=O) groups is 3. The third-order valence-corrected chi connectivity index (χ3v) is 13.4. The van der Waals surface area contributed by atoms with Gasteiger partial charge in [0.1, 0.15) is 6.10 Å². The summed E-state index contributed by atoms with van der Waals surface area (Å²) in [5.41, 5.74) is -0.0982. The first kappa shape index (κ1) is 33.4. The molecule has 2 saturated carbocycles. The number of fused-ring (bicyclic) bond motifs is 3. The van der Waals surface area contributed by atoms with Gasteiger partial charge in [0.05, 0.1) is 22.7 Å². The van der Waals surface area contributed by atoms with E-state index in [-0.39, 0.29) is 42.9 Å². The second-order valence-electron chi connectivity index (χ2n) is 14.8. The zero-order valence-corrected chi connectivity index (χ0v) is 28.9. The number of carbonyl (C=O) groups excluding carboxylic acids is 3. The first-order valence-corrected chi connectivity index (χ1v) is 19.2. The lowest BCUT2D eigenvalue weighted by atomic mass is 9.90. The van der Waals surface area contributed by atoms with Gasteiger partial charge in [-0.1, -0.05) is 73.5 Å². The summed E-state index contributed by atoms with van der Waals surface area (Å²) < 4.78 is 34.1. The zero-order valence-electron chi connectivity index (χ0n) is 28.1. The summed E-state index contributed by atoms with van der Waals surface area (Å²) in [6.45, 7) is 1.87. The molecule has 0 unspecified atom stereocenters. The predicted octanol–water partition coefficient (Wildman–Crippen LogP) is 5.93. The van der Waals surface area contributed by atoms with Crippen molar-refractivity contribution in [1.29, 1.82) is 0 Å². The molecule has 3 fully saturated rings. The van der Waals surface area contributed by atoms with E-state index in [1.807, 2.05) is 66.7 Å². The quantitative estimate of drug-likeness (QED) is 0.307. The van der Waals surface area contributed by atoms with E-state index in [0.29, 0.717) is 38.0 Å². The van der Waals surface area contributed by atoms with Crippen molar-refractivity contribution in [3.05, 3.63) is 84.6 Å². The first-order chi connectivity index (χ1) is 23.6. The van der Waals surface area contributed by atoms with E-state index in [2.05, 4.69) is 15.8 Å². The number of nitrogens with one attached hydrogen (secondary N) is 1. The van der Waals surface area contributed by atoms with Gasteiger partial charge in [-0.25, -0.2) is 13.4 Å². The third-order valence-electron chi connectivity index (χ3n) is 11.2. The Balaban J connectivity index is 1.20. The molecule has 5 atom stereocenters. The van der Waals surface area contributed by atoms with Crippen LogP contribution in [0.15, 0.2) is 79.0 Å². The van der Waals surface area contributed by atoms with Crippen molar-refractivity contribution < 1.29 is 27.5 Å². The van der Waals surface area contributed by atoms with Crippen LogP contribution >= 0.6 is 0 Å². The molecular weight excluding hydrogens is 639 g/mol. The van der Waals surface area contributed by atoms with Gasteiger partial charge in [0.25, 0.3) is 0 Å². The highest BCUT2D eigenvalue weighted by molar-refractivity contribution is 7.91. The molecule has 0 spiro atoms. The van der Waals surface area contributed by atoms with Crippen LogP contribution < -0.4 is 9.46 Å². The number of hydrogen-bond donors (Lipinski definition) is 1. The summed E-state index contributed by atoms with van der Waals surface area (Å²) in [5, 5.41) is 1.83. The van der Waals surface area contributed by atoms with Crippen molar-refractivity contribution in [2.24, 2.45) is 17.3 Å². The second-order valence-corrected chi connectivity index (χ2v) is 17.0. The number of allylic oxidation sites excluding steroid dienone is 2. The van der Waals surface area contributed by atoms with Crippen molar-refractivity contribution in [1.82, 2.24) is 14.6 Å². The number of aromatic nitrogens is 1. The Morgan fingerprint density at radius 1 is 1.02 bits per heavy atom. The van der Waals surface area contributed by atoms with Crippen LogP contribution in [0.3, 0.4) is 0 Å². The van der Waals surface area contributed by atoms with Gasteiger partial charge in [0.15, 0.2) is 5.78 Å². The highest BCUT2D eigenvalue weighted by atomic mass is 32.2. The Labute approximate surface area is 288 Å². The molecule has 3 aromatic rings. The standard InChI is InChI=1S/C39H45N3O6S/c1-38(19-20-38)49(46,47)41-37(45)39-24-30(39)16-9-4-2-3-8-15-29(22-27-12-6-5-7-13-27)36(44)42-26-31(23-33(42)34(43)25-39)48-35-32-17-11-10-14-28(32)18-21-40-35/h5-7,9-14,16-18,21,29-31,33H,2-4,8,15,19-20,22-26H2,1H3,(H,41,45)/b16-9-/t29-,30-,31-,33+,39-/m1/s1. The van der Waals surface area contributed by atoms with Crippen molar-refractivity contribution in [2.75, 3.05) is 6.54 Å². The molecule has 0 radical (unpaired) electrons. The normalized spacial score (nSPS) is 29.2. The molecule has 1 saturated heterocycles. The van der Waals surface area contributed by atoms with Gasteiger partial charge < -0.3 is 9.64 Å². The van der Waals surface area contributed by atoms with E-state index in [1.54, 1.807) is 18.0 Å². The molecule has 2 aliphatic heterocycles. The van der Waals surface area contributed by atoms with Gasteiger partial charge in [-0.3, -0.25) is 19.1 Å². The van der Waals surface area contributed by atoms with E-state index in [1.165, 1.54) is 0 Å². The Bertz CT molecular complexity index is 1870. The summed E-state index contributed by atoms with van der Waals surface area (Å²) >= 11 is 0. The van der Waals surface area contributed by atoms with Crippen molar-refractivity contribution >= 4 is 38.4 Å². The smallest absolute Gasteiger partial charge is 0.240 e. The molecule has 3 heterocycles. The summed E-state index contributed by atoms with van der Waals surface area (Å²) in [6, 6.07) is 18.9. The maximum absolute atomic E-state index is 14.6. The van der Waals surface area contributed by atoms with Gasteiger partial charge in [0.2, 0.25) is 27.7 Å². The lowest BCUT2D eigenvalue weighted by Gasteiger charge is -2.29. The minimum absolute atomic E-state index is 0.0812. The van der Waals surface area contributed by atoms with Crippen molar-refractivity contribution in [3.8, 4) is 5.88 Å². The topological polar surface area (TPSA) is 123 Å². The Hall–Kier alpha value is -4.05. The summed E-state index contributed by atoms with van der Waals surface area (Å²) in [6.07, 6.45) is 11.7. The minimum Gasteiger partial charge on any atom is -0.472 e. The molecule has 4 aliphatic rings. The van der Waals surface area contributed by atoms with Crippen LogP contribution in [0.1, 0.15) is 76.7 Å². The highest BCUT2D eigenvalue weighted by Gasteiger charge is 2.62. The maximum Gasteiger partial charge on any atom is 0.240 e. The number of sulfonamides is 1. The monoisotopic (exact) mass is 683 g/mol. The van der Waals surface area contributed by atoms with Crippen LogP contribution in [0.2, 0.25) is 0 Å². The molecule has 2 amide bonds. The number of benzene rings is 2. The summed E-state index contributed by atoms with van der Waals surface area (Å²) in [5.74, 6) is -1.04. The molecule has 258 valence electrons. The number of ether oxygens (including phenoxy) is 1. The lowest BCUT2D eigenvalue weighted by molar-refractivity contribution is -0.142. The molecule has 49 heavy (non-hydrogen) atoms. The molecule has 1 aromatic heterocycles. The fraction of sp³-hybridized carbons (Fsp3) is 0.487. The molecule has 7 rings (SSSR count). The van der Waals surface area contributed by atoms with Gasteiger partial charge in [0, 0.05) is 30.3 Å². The van der Waals surface area contributed by atoms with Crippen LogP contribution in [0, 0.1) is 17.3 Å². The average molecular weight is 684 g/mol. The summed E-state index contributed by atoms with van der Waals surface area (Å²) in [4.78, 5) is 49.1. The molecule has 0 bridgehead atoms. The largest absolute Gasteiger partial charge is 0.472 e. The minimum atomic E-state index is -3.88. The van der Waals surface area contributed by atoms with Crippen LogP contribution in [0.5, 0.6) is 5.88 Å². The van der Waals surface area contributed by atoms with Crippen LogP contribution in [0.25, 0.3) is 10.8 Å². The van der Waals surface area contributed by atoms with Crippen molar-refractivity contribution in [3.63, 3.8) is 0 Å². The van der Waals surface area contributed by atoms with Gasteiger partial charge in [-0.05, 0) is 80.9 Å². The summed E-state index contributed by atoms with van der Waals surface area (Å²) in [7, 11) is -3.88. The van der Waals surface area contributed by atoms with Crippen LogP contribution in [-0.4, -0.2) is 59.3 Å². The Morgan fingerprint density at radius 3 is 2.59 bits per heavy atom. The predicted molar refractivity (Wildman–Crippen MR) is 187 cm³/mol. The Morgan fingerprint density at radius 2 is 1.80 bits per heavy atom. The van der Waals surface area contributed by atoms with Crippen LogP contribution in [0.4, 0.5) is 0 Å². The Kier molecular flexibility index (Phi) is 9.11. The van der Waals surface area contributed by atoms with Crippen LogP contribution in [-0.2, 0) is 30.8 Å². The molecular formula is C39H45N3O6S. The zero-order chi connectivity index (χ0) is 34.2. The number of nitrogens with zero attached hydrogens (tertiary/aromatic N) is 2. The SMILES string of the molecule is CC1(S(=O)(=O)NC(=O)[C@]23CC(=O)[C@@H]4C[C@@H](Oc5nccc6ccccc56)CN4C(=O)[C@@H](Cc4ccccc4)CCCCC/C=C\[C@@H]2C3)CC1. The molecule has 1 N–H and O–H groups in total. The van der Waals surface area contributed by atoms with E-state index in [0.717, 1.165) is 42.0 Å². The average Bonchev–Trinajstić information content (AvgIpc) is 3.97. The number of ketones is 1. The second kappa shape index (κ2) is 13.3. The number of Topliss-reactive ketones (excluding diaryl/α,β-unsaturated/α-hetero) is 1. The fourth-order valence-electron chi connectivity index (χ4n) is 7.66. The van der Waals surface area contributed by atoms with Crippen molar-refractivity contribution in [2.45, 2.75) is 94.4 Å². The lowest BCUT2D eigenvalue weighted by Crippen LogP contribution is -2.47. The number of amides is 2.